The molecule has 7 nitrogen and oxygen atoms in total. The Balaban J connectivity index is 1.61. The minimum Gasteiger partial charge on any atom is -0.344 e. The van der Waals surface area contributed by atoms with E-state index in [1.165, 1.54) is 16.4 Å². The van der Waals surface area contributed by atoms with Gasteiger partial charge in [-0.15, -0.1) is 0 Å². The number of aryl methyl sites for hydroxylation is 1. The molecular formula is C18H21ClFN3O4S. The van der Waals surface area contributed by atoms with Gasteiger partial charge in [-0.3, -0.25) is 4.79 Å². The molecule has 0 spiro atoms. The van der Waals surface area contributed by atoms with Gasteiger partial charge in [-0.1, -0.05) is 5.16 Å². The lowest BCUT2D eigenvalue weighted by Gasteiger charge is -2.22. The number of halogens is 2. The second kappa shape index (κ2) is 8.59. The van der Waals surface area contributed by atoms with Crippen LogP contribution in [-0.2, 0) is 21.2 Å². The molecule has 2 aromatic rings. The normalized spacial score (nSPS) is 16.2. The van der Waals surface area contributed by atoms with E-state index in [1.807, 2.05) is 0 Å². The molecule has 1 fully saturated rings. The Morgan fingerprint density at radius 2 is 1.93 bits per heavy atom. The number of nitrogens with zero attached hydrogens (tertiary/aromatic N) is 3. The van der Waals surface area contributed by atoms with Crippen molar-refractivity contribution < 1.29 is 22.1 Å². The summed E-state index contributed by atoms with van der Waals surface area (Å²) in [4.78, 5) is 14.3. The van der Waals surface area contributed by atoms with Crippen molar-refractivity contribution in [3.05, 3.63) is 46.6 Å². The number of carbonyl (C=O) groups excluding carboxylic acids is 1. The van der Waals surface area contributed by atoms with Gasteiger partial charge in [0.05, 0.1) is 10.6 Å². The largest absolute Gasteiger partial charge is 0.344 e. The molecule has 10 heteroatoms. The van der Waals surface area contributed by atoms with Gasteiger partial charge in [0.1, 0.15) is 5.82 Å². The van der Waals surface area contributed by atoms with Gasteiger partial charge < -0.3 is 9.42 Å². The predicted octanol–water partition coefficient (Wildman–Crippen LogP) is 2.63. The second-order valence-electron chi connectivity index (χ2n) is 6.61. The summed E-state index contributed by atoms with van der Waals surface area (Å²) in [5.41, 5.74) is 1.37. The number of sulfonamides is 1. The van der Waals surface area contributed by atoms with Gasteiger partial charge in [0.25, 0.3) is 0 Å². The average molecular weight is 430 g/mol. The number of benzene rings is 1. The standard InChI is InChI=1S/C18H21ClFN3O4S/c1-13-16(18(19)27-21-13)7-8-17(24)22-9-2-10-23(12-11-22)28(25,26)15-5-3-14(20)4-6-15/h3-6H,2,7-12H2,1H3. The van der Waals surface area contributed by atoms with Crippen LogP contribution in [0.25, 0.3) is 0 Å². The third-order valence-corrected chi connectivity index (χ3v) is 6.99. The minimum absolute atomic E-state index is 0.0475. The predicted molar refractivity (Wildman–Crippen MR) is 101 cm³/mol. The Bertz CT molecular complexity index is 927. The SMILES string of the molecule is Cc1noc(Cl)c1CCC(=O)N1CCCN(S(=O)(=O)c2ccc(F)cc2)CC1. The van der Waals surface area contributed by atoms with Crippen LogP contribution in [0.1, 0.15) is 24.1 Å². The number of hydrogen-bond donors (Lipinski definition) is 0. The number of rotatable bonds is 5. The zero-order valence-electron chi connectivity index (χ0n) is 15.4. The maximum Gasteiger partial charge on any atom is 0.243 e. The summed E-state index contributed by atoms with van der Waals surface area (Å²) in [6.45, 7) is 3.04. The first-order chi connectivity index (χ1) is 13.3. The van der Waals surface area contributed by atoms with Crippen LogP contribution in [0, 0.1) is 12.7 Å². The van der Waals surface area contributed by atoms with Gasteiger partial charge >= 0.3 is 0 Å². The fourth-order valence-electron chi connectivity index (χ4n) is 3.17. The van der Waals surface area contributed by atoms with Crippen molar-refractivity contribution in [2.75, 3.05) is 26.2 Å². The summed E-state index contributed by atoms with van der Waals surface area (Å²) < 4.78 is 44.8. The van der Waals surface area contributed by atoms with Crippen LogP contribution in [0.15, 0.2) is 33.7 Å². The molecule has 1 amide bonds. The van der Waals surface area contributed by atoms with E-state index in [1.54, 1.807) is 11.8 Å². The lowest BCUT2D eigenvalue weighted by atomic mass is 10.1. The lowest BCUT2D eigenvalue weighted by molar-refractivity contribution is -0.131. The molecule has 152 valence electrons. The Kier molecular flexibility index (Phi) is 6.36. The van der Waals surface area contributed by atoms with Gasteiger partial charge in [-0.25, -0.2) is 12.8 Å². The van der Waals surface area contributed by atoms with Gasteiger partial charge in [-0.2, -0.15) is 4.31 Å². The Morgan fingerprint density at radius 3 is 2.57 bits per heavy atom. The number of hydrogen-bond acceptors (Lipinski definition) is 5. The summed E-state index contributed by atoms with van der Waals surface area (Å²) in [6, 6.07) is 4.75. The van der Waals surface area contributed by atoms with E-state index in [2.05, 4.69) is 5.16 Å². The van der Waals surface area contributed by atoms with Crippen LogP contribution in [-0.4, -0.2) is 54.9 Å². The molecule has 0 unspecified atom stereocenters. The van der Waals surface area contributed by atoms with Crippen molar-refractivity contribution in [2.45, 2.75) is 31.1 Å². The van der Waals surface area contributed by atoms with Crippen molar-refractivity contribution >= 4 is 27.5 Å². The smallest absolute Gasteiger partial charge is 0.243 e. The van der Waals surface area contributed by atoms with E-state index in [0.717, 1.165) is 12.1 Å². The Labute approximate surface area is 168 Å². The van der Waals surface area contributed by atoms with E-state index in [-0.39, 0.29) is 29.0 Å². The molecule has 2 heterocycles. The molecule has 0 saturated carbocycles. The van der Waals surface area contributed by atoms with E-state index in [9.17, 15) is 17.6 Å². The maximum absolute atomic E-state index is 13.1. The van der Waals surface area contributed by atoms with E-state index < -0.39 is 15.8 Å². The lowest BCUT2D eigenvalue weighted by Crippen LogP contribution is -2.37. The first-order valence-corrected chi connectivity index (χ1v) is 10.7. The van der Waals surface area contributed by atoms with E-state index >= 15 is 0 Å². The molecule has 28 heavy (non-hydrogen) atoms. The molecule has 0 radical (unpaired) electrons. The summed E-state index contributed by atoms with van der Waals surface area (Å²) in [7, 11) is -3.72. The third kappa shape index (κ3) is 4.53. The summed E-state index contributed by atoms with van der Waals surface area (Å²) in [5, 5.41) is 3.96. The van der Waals surface area contributed by atoms with Crippen LogP contribution in [0.4, 0.5) is 4.39 Å². The van der Waals surface area contributed by atoms with Crippen molar-refractivity contribution in [3.63, 3.8) is 0 Å². The number of aromatic nitrogens is 1. The molecule has 1 aromatic carbocycles. The fraction of sp³-hybridized carbons (Fsp3) is 0.444. The highest BCUT2D eigenvalue weighted by Gasteiger charge is 2.28. The van der Waals surface area contributed by atoms with Crippen molar-refractivity contribution in [2.24, 2.45) is 0 Å². The van der Waals surface area contributed by atoms with Crippen LogP contribution >= 0.6 is 11.6 Å². The highest BCUT2D eigenvalue weighted by atomic mass is 35.5. The summed E-state index contributed by atoms with van der Waals surface area (Å²) in [5.74, 6) is -0.563. The molecule has 1 aliphatic heterocycles. The molecule has 0 N–H and O–H groups in total. The quantitative estimate of drug-likeness (QED) is 0.729. The van der Waals surface area contributed by atoms with Crippen molar-refractivity contribution in [1.29, 1.82) is 0 Å². The fourth-order valence-corrected chi connectivity index (χ4v) is 4.90. The molecule has 1 aliphatic rings. The van der Waals surface area contributed by atoms with Crippen LogP contribution in [0.3, 0.4) is 0 Å². The van der Waals surface area contributed by atoms with E-state index in [0.29, 0.717) is 43.7 Å². The molecule has 1 aromatic heterocycles. The van der Waals surface area contributed by atoms with Gasteiger partial charge in [0.15, 0.2) is 0 Å². The van der Waals surface area contributed by atoms with Crippen LogP contribution in [0.2, 0.25) is 5.22 Å². The average Bonchev–Trinajstić information content (AvgIpc) is 2.87. The molecule has 3 rings (SSSR count). The first kappa shape index (κ1) is 20.8. The first-order valence-electron chi connectivity index (χ1n) is 8.93. The molecule has 0 bridgehead atoms. The second-order valence-corrected chi connectivity index (χ2v) is 8.89. The van der Waals surface area contributed by atoms with E-state index in [4.69, 9.17) is 16.1 Å². The van der Waals surface area contributed by atoms with Crippen LogP contribution < -0.4 is 0 Å². The summed E-state index contributed by atoms with van der Waals surface area (Å²) >= 11 is 5.93. The topological polar surface area (TPSA) is 83.7 Å². The van der Waals surface area contributed by atoms with Gasteiger partial charge in [0.2, 0.25) is 21.1 Å². The highest BCUT2D eigenvalue weighted by Crippen LogP contribution is 2.22. The van der Waals surface area contributed by atoms with Gasteiger partial charge in [0, 0.05) is 38.2 Å². The van der Waals surface area contributed by atoms with Crippen molar-refractivity contribution in [1.82, 2.24) is 14.4 Å². The maximum atomic E-state index is 13.1. The number of amides is 1. The summed E-state index contributed by atoms with van der Waals surface area (Å²) in [6.07, 6.45) is 1.19. The molecule has 1 saturated heterocycles. The Hall–Kier alpha value is -1.97. The van der Waals surface area contributed by atoms with Crippen molar-refractivity contribution in [3.8, 4) is 0 Å². The monoisotopic (exact) mass is 429 g/mol. The molecule has 0 atom stereocenters. The third-order valence-electron chi connectivity index (χ3n) is 4.78. The zero-order chi connectivity index (χ0) is 20.3. The number of carbonyl (C=O) groups is 1. The molecular weight excluding hydrogens is 409 g/mol. The Morgan fingerprint density at radius 1 is 1.21 bits per heavy atom. The van der Waals surface area contributed by atoms with Gasteiger partial charge in [-0.05, 0) is 55.6 Å². The minimum atomic E-state index is -3.72. The van der Waals surface area contributed by atoms with Crippen LogP contribution in [0.5, 0.6) is 0 Å². The molecule has 0 aliphatic carbocycles. The zero-order valence-corrected chi connectivity index (χ0v) is 17.0. The highest BCUT2D eigenvalue weighted by molar-refractivity contribution is 7.89.